The lowest BCUT2D eigenvalue weighted by molar-refractivity contribution is -0.284. The van der Waals surface area contributed by atoms with Gasteiger partial charge >= 0.3 is 6.18 Å². The Morgan fingerprint density at radius 1 is 1.35 bits per heavy atom. The van der Waals surface area contributed by atoms with Crippen molar-refractivity contribution in [2.45, 2.75) is 42.1 Å². The highest BCUT2D eigenvalue weighted by Gasteiger charge is 2.57. The van der Waals surface area contributed by atoms with Crippen LogP contribution in [-0.2, 0) is 9.47 Å². The second kappa shape index (κ2) is 7.09. The molecule has 23 heavy (non-hydrogen) atoms. The maximum atomic E-state index is 13.1. The maximum absolute atomic E-state index is 13.1. The van der Waals surface area contributed by atoms with Gasteiger partial charge in [0.2, 0.25) is 0 Å². The summed E-state index contributed by atoms with van der Waals surface area (Å²) in [6.07, 6.45) is -12.7. The molecule has 1 fully saturated rings. The molecule has 2 aliphatic heterocycles. The van der Waals surface area contributed by atoms with Gasteiger partial charge in [0.1, 0.15) is 36.5 Å². The Balaban J connectivity index is 2.18. The van der Waals surface area contributed by atoms with Crippen LogP contribution in [-0.4, -0.2) is 89.7 Å². The number of fused-ring (bicyclic) bond motifs is 1. The van der Waals surface area contributed by atoms with Gasteiger partial charge in [0, 0.05) is 14.1 Å². The van der Waals surface area contributed by atoms with E-state index in [4.69, 9.17) is 4.74 Å². The molecule has 134 valence electrons. The van der Waals surface area contributed by atoms with Crippen LogP contribution < -0.4 is 0 Å². The highest BCUT2D eigenvalue weighted by molar-refractivity contribution is 8.14. The van der Waals surface area contributed by atoms with Gasteiger partial charge in [-0.05, 0) is 0 Å². The molecule has 0 aromatic carbocycles. The van der Waals surface area contributed by atoms with Gasteiger partial charge in [-0.15, -0.1) is 0 Å². The summed E-state index contributed by atoms with van der Waals surface area (Å²) in [5, 5.41) is 20.6. The average molecular weight is 362 g/mol. The average Bonchev–Trinajstić information content (AvgIpc) is 2.87. The molecule has 11 heteroatoms. The van der Waals surface area contributed by atoms with E-state index in [9.17, 15) is 27.8 Å². The van der Waals surface area contributed by atoms with Gasteiger partial charge in [0.15, 0.2) is 11.3 Å². The number of aliphatic imine (C=N–C) groups is 1. The van der Waals surface area contributed by atoms with E-state index in [0.717, 1.165) is 11.8 Å². The molecule has 0 aromatic heterocycles. The summed E-state index contributed by atoms with van der Waals surface area (Å²) < 4.78 is 61.3. The number of halogens is 4. The Morgan fingerprint density at radius 2 is 2.00 bits per heavy atom. The minimum absolute atomic E-state index is 0.472. The minimum Gasteiger partial charge on any atom is -0.388 e. The number of hydrogen-bond acceptors (Lipinski definition) is 7. The van der Waals surface area contributed by atoms with Crippen LogP contribution in [0.4, 0.5) is 17.6 Å². The summed E-state index contributed by atoms with van der Waals surface area (Å²) in [6.45, 7) is -1.89. The number of rotatable bonds is 4. The first kappa shape index (κ1) is 18.7. The molecule has 0 spiro atoms. The number of amidine groups is 1. The molecule has 1 saturated heterocycles. The van der Waals surface area contributed by atoms with E-state index < -0.39 is 55.4 Å². The van der Waals surface area contributed by atoms with Crippen molar-refractivity contribution < 1.29 is 37.2 Å². The van der Waals surface area contributed by atoms with Gasteiger partial charge in [-0.3, -0.25) is 4.99 Å². The molecule has 2 heterocycles. The van der Waals surface area contributed by atoms with Crippen molar-refractivity contribution in [1.29, 1.82) is 0 Å². The van der Waals surface area contributed by atoms with Crippen molar-refractivity contribution in [1.82, 2.24) is 4.90 Å². The van der Waals surface area contributed by atoms with E-state index >= 15 is 0 Å². The van der Waals surface area contributed by atoms with Gasteiger partial charge in [-0.25, -0.2) is 4.39 Å². The van der Waals surface area contributed by atoms with Crippen LogP contribution in [0.3, 0.4) is 0 Å². The molecular formula is C12H18F4N2O4S. The number of aliphatic hydroxyl groups excluding tert-OH is 2. The standard InChI is InChI=1S/C12H18F4N2O4S/c1-18(2)11-17-5-6(19)7(20)8(22-10(5)23-11)9(12(14,15)16)21-4-3-13/h5-10,19-20H,3-4H2,1-2H3/t5-,6-,7+,8+,9-,10-/m1/s1. The molecule has 0 aromatic rings. The second-order valence-corrected chi connectivity index (χ2v) is 6.45. The van der Waals surface area contributed by atoms with Crippen molar-refractivity contribution in [3.05, 3.63) is 0 Å². The van der Waals surface area contributed by atoms with E-state index in [1.165, 1.54) is 0 Å². The number of thioether (sulfide) groups is 1. The number of ether oxygens (including phenoxy) is 2. The van der Waals surface area contributed by atoms with Crippen molar-refractivity contribution >= 4 is 16.9 Å². The van der Waals surface area contributed by atoms with E-state index in [1.807, 2.05) is 0 Å². The summed E-state index contributed by atoms with van der Waals surface area (Å²) in [5.74, 6) is 0. The molecule has 2 N–H and O–H groups in total. The monoisotopic (exact) mass is 362 g/mol. The molecule has 6 nitrogen and oxygen atoms in total. The Bertz CT molecular complexity index is 451. The van der Waals surface area contributed by atoms with Gasteiger partial charge < -0.3 is 24.6 Å². The maximum Gasteiger partial charge on any atom is 0.417 e. The van der Waals surface area contributed by atoms with Gasteiger partial charge in [-0.1, -0.05) is 11.8 Å². The zero-order chi connectivity index (χ0) is 17.4. The first-order valence-electron chi connectivity index (χ1n) is 6.84. The summed E-state index contributed by atoms with van der Waals surface area (Å²) in [4.78, 5) is 5.77. The summed E-state index contributed by atoms with van der Waals surface area (Å²) in [7, 11) is 3.37. The van der Waals surface area contributed by atoms with Gasteiger partial charge in [0.25, 0.3) is 0 Å². The van der Waals surface area contributed by atoms with Crippen molar-refractivity contribution in [3.8, 4) is 0 Å². The van der Waals surface area contributed by atoms with E-state index in [1.54, 1.807) is 19.0 Å². The topological polar surface area (TPSA) is 74.5 Å². The molecule has 0 aliphatic carbocycles. The van der Waals surface area contributed by atoms with Gasteiger partial charge in [0.05, 0.1) is 6.61 Å². The van der Waals surface area contributed by atoms with Gasteiger partial charge in [-0.2, -0.15) is 13.2 Å². The van der Waals surface area contributed by atoms with Crippen LogP contribution >= 0.6 is 11.8 Å². The fourth-order valence-electron chi connectivity index (χ4n) is 2.39. The number of aliphatic hydroxyl groups is 2. The highest BCUT2D eigenvalue weighted by atomic mass is 32.2. The first-order valence-corrected chi connectivity index (χ1v) is 7.72. The SMILES string of the molecule is CN(C)C1=N[C@@H]2[C@@H](O)[C@H](O)[C@@H]([C@@H](OCCF)C(F)(F)F)O[C@@H]2S1. The van der Waals surface area contributed by atoms with Crippen LogP contribution in [0, 0.1) is 0 Å². The summed E-state index contributed by atoms with van der Waals surface area (Å²) in [5.41, 5.74) is -0.880. The molecule has 0 saturated carbocycles. The van der Waals surface area contributed by atoms with E-state index in [-0.39, 0.29) is 0 Å². The third-order valence-electron chi connectivity index (χ3n) is 3.47. The predicted molar refractivity (Wildman–Crippen MR) is 74.9 cm³/mol. The third-order valence-corrected chi connectivity index (χ3v) is 4.77. The zero-order valence-corrected chi connectivity index (χ0v) is 13.2. The Labute approximate surface area is 134 Å². The lowest BCUT2D eigenvalue weighted by atomic mass is 9.94. The summed E-state index contributed by atoms with van der Waals surface area (Å²) >= 11 is 1.05. The lowest BCUT2D eigenvalue weighted by Gasteiger charge is -2.41. The Hall–Kier alpha value is -0.620. The molecule has 0 unspecified atom stereocenters. The molecule has 6 atom stereocenters. The number of alkyl halides is 4. The van der Waals surface area contributed by atoms with E-state index in [0.29, 0.717) is 5.17 Å². The Kier molecular flexibility index (Phi) is 5.77. The minimum atomic E-state index is -4.87. The first-order chi connectivity index (χ1) is 10.7. The molecular weight excluding hydrogens is 344 g/mol. The zero-order valence-electron chi connectivity index (χ0n) is 12.4. The number of nitrogens with zero attached hydrogens (tertiary/aromatic N) is 2. The van der Waals surface area contributed by atoms with Crippen LogP contribution in [0.2, 0.25) is 0 Å². The second-order valence-electron chi connectivity index (χ2n) is 5.39. The third kappa shape index (κ3) is 3.90. The predicted octanol–water partition coefficient (Wildman–Crippen LogP) is 0.383. The molecule has 0 radical (unpaired) electrons. The molecule has 0 bridgehead atoms. The molecule has 2 rings (SSSR count). The largest absolute Gasteiger partial charge is 0.417 e. The molecule has 2 aliphatic rings. The van der Waals surface area contributed by atoms with Crippen LogP contribution in [0.25, 0.3) is 0 Å². The lowest BCUT2D eigenvalue weighted by Crippen LogP contribution is -2.61. The fourth-order valence-corrected chi connectivity index (χ4v) is 3.53. The van der Waals surface area contributed by atoms with Crippen molar-refractivity contribution in [3.63, 3.8) is 0 Å². The number of hydrogen-bond donors (Lipinski definition) is 2. The van der Waals surface area contributed by atoms with Crippen molar-refractivity contribution in [2.75, 3.05) is 27.4 Å². The van der Waals surface area contributed by atoms with E-state index in [2.05, 4.69) is 9.73 Å². The van der Waals surface area contributed by atoms with Crippen LogP contribution in [0.5, 0.6) is 0 Å². The smallest absolute Gasteiger partial charge is 0.388 e. The normalized spacial score (nSPS) is 35.7. The molecule has 0 amide bonds. The van der Waals surface area contributed by atoms with Crippen LogP contribution in [0.1, 0.15) is 0 Å². The Morgan fingerprint density at radius 3 is 2.52 bits per heavy atom. The fraction of sp³-hybridized carbons (Fsp3) is 0.917. The highest BCUT2D eigenvalue weighted by Crippen LogP contribution is 2.40. The summed E-state index contributed by atoms with van der Waals surface area (Å²) in [6, 6.07) is -0.876. The van der Waals surface area contributed by atoms with Crippen LogP contribution in [0.15, 0.2) is 4.99 Å². The quantitative estimate of drug-likeness (QED) is 0.705. The van der Waals surface area contributed by atoms with Crippen molar-refractivity contribution in [2.24, 2.45) is 4.99 Å².